The Morgan fingerprint density at radius 3 is 2.93 bits per heavy atom. The van der Waals surface area contributed by atoms with Crippen LogP contribution in [0.5, 0.6) is 0 Å². The highest BCUT2D eigenvalue weighted by Crippen LogP contribution is 2.26. The predicted octanol–water partition coefficient (Wildman–Crippen LogP) is 2.53. The minimum absolute atomic E-state index is 0.209. The lowest BCUT2D eigenvalue weighted by Gasteiger charge is -2.14. The standard InChI is InChI=1S/C20H18FN5O3/c1-13(27)23-11-16-12-25(20(28)29-16)15-4-5-19(17(21)9-15)26-8-6-18(24-26)14-3-2-7-22-10-14/h2-10,16H,11-12H2,1H3,(H,23,27)/t16-/m0/s1. The zero-order valence-corrected chi connectivity index (χ0v) is 15.6. The van der Waals surface area contributed by atoms with Gasteiger partial charge in [0, 0.05) is 31.1 Å². The van der Waals surface area contributed by atoms with Crippen molar-refractivity contribution in [2.45, 2.75) is 13.0 Å². The maximum Gasteiger partial charge on any atom is 0.414 e. The summed E-state index contributed by atoms with van der Waals surface area (Å²) >= 11 is 0. The molecule has 0 spiro atoms. The van der Waals surface area contributed by atoms with Crippen molar-refractivity contribution in [3.8, 4) is 16.9 Å². The molecule has 3 heterocycles. The van der Waals surface area contributed by atoms with Crippen LogP contribution in [0.4, 0.5) is 14.9 Å². The molecule has 3 aromatic rings. The van der Waals surface area contributed by atoms with E-state index in [1.807, 2.05) is 6.07 Å². The van der Waals surface area contributed by atoms with E-state index in [0.717, 1.165) is 5.56 Å². The summed E-state index contributed by atoms with van der Waals surface area (Å²) in [6.07, 6.45) is 3.95. The van der Waals surface area contributed by atoms with E-state index in [1.165, 1.54) is 22.6 Å². The van der Waals surface area contributed by atoms with E-state index < -0.39 is 18.0 Å². The molecule has 29 heavy (non-hydrogen) atoms. The Hall–Kier alpha value is -3.75. The lowest BCUT2D eigenvalue weighted by atomic mass is 10.2. The molecular weight excluding hydrogens is 377 g/mol. The lowest BCUT2D eigenvalue weighted by molar-refractivity contribution is -0.119. The number of nitrogens with one attached hydrogen (secondary N) is 1. The zero-order valence-electron chi connectivity index (χ0n) is 15.6. The fraction of sp³-hybridized carbons (Fsp3) is 0.200. The van der Waals surface area contributed by atoms with Crippen LogP contribution in [0.15, 0.2) is 55.0 Å². The van der Waals surface area contributed by atoms with Gasteiger partial charge in [0.1, 0.15) is 11.8 Å². The summed E-state index contributed by atoms with van der Waals surface area (Å²) in [6, 6.07) is 9.90. The minimum atomic E-state index is -0.578. The molecule has 1 fully saturated rings. The number of halogens is 1. The van der Waals surface area contributed by atoms with Gasteiger partial charge in [-0.1, -0.05) is 0 Å². The Morgan fingerprint density at radius 2 is 2.21 bits per heavy atom. The fourth-order valence-electron chi connectivity index (χ4n) is 3.07. The van der Waals surface area contributed by atoms with Crippen molar-refractivity contribution in [2.24, 2.45) is 0 Å². The second-order valence-corrected chi connectivity index (χ2v) is 6.58. The summed E-state index contributed by atoms with van der Waals surface area (Å²) in [5, 5.41) is 7.00. The molecule has 9 heteroatoms. The Morgan fingerprint density at radius 1 is 1.34 bits per heavy atom. The summed E-state index contributed by atoms with van der Waals surface area (Å²) in [7, 11) is 0. The number of carbonyl (C=O) groups is 2. The molecule has 0 unspecified atom stereocenters. The van der Waals surface area contributed by atoms with E-state index in [2.05, 4.69) is 15.4 Å². The number of pyridine rings is 1. The van der Waals surface area contributed by atoms with Crippen LogP contribution in [0.2, 0.25) is 0 Å². The Kier molecular flexibility index (Phi) is 4.94. The highest BCUT2D eigenvalue weighted by Gasteiger charge is 2.32. The second-order valence-electron chi connectivity index (χ2n) is 6.58. The third-order valence-corrected chi connectivity index (χ3v) is 4.49. The van der Waals surface area contributed by atoms with E-state index in [-0.39, 0.29) is 24.7 Å². The van der Waals surface area contributed by atoms with Gasteiger partial charge in [-0.05, 0) is 36.4 Å². The van der Waals surface area contributed by atoms with Crippen LogP contribution in [-0.4, -0.2) is 46.0 Å². The van der Waals surface area contributed by atoms with Crippen LogP contribution >= 0.6 is 0 Å². The van der Waals surface area contributed by atoms with Crippen LogP contribution < -0.4 is 10.2 Å². The lowest BCUT2D eigenvalue weighted by Crippen LogP contribution is -2.33. The Labute approximate surface area is 165 Å². The highest BCUT2D eigenvalue weighted by molar-refractivity contribution is 5.90. The van der Waals surface area contributed by atoms with Gasteiger partial charge in [-0.3, -0.25) is 14.7 Å². The Balaban J connectivity index is 1.52. The largest absolute Gasteiger partial charge is 0.442 e. The van der Waals surface area contributed by atoms with E-state index in [0.29, 0.717) is 11.4 Å². The molecular formula is C20H18FN5O3. The molecule has 0 radical (unpaired) electrons. The van der Waals surface area contributed by atoms with E-state index in [1.54, 1.807) is 42.9 Å². The van der Waals surface area contributed by atoms with Crippen molar-refractivity contribution in [3.05, 3.63) is 60.8 Å². The monoisotopic (exact) mass is 395 g/mol. The number of hydrogen-bond donors (Lipinski definition) is 1. The van der Waals surface area contributed by atoms with Crippen molar-refractivity contribution in [2.75, 3.05) is 18.0 Å². The molecule has 1 aromatic carbocycles. The number of amides is 2. The van der Waals surface area contributed by atoms with Gasteiger partial charge in [0.05, 0.1) is 24.5 Å². The van der Waals surface area contributed by atoms with Gasteiger partial charge < -0.3 is 10.1 Å². The number of ether oxygens (including phenoxy) is 1. The number of benzene rings is 1. The second kappa shape index (κ2) is 7.70. The molecule has 1 atom stereocenters. The first-order valence-electron chi connectivity index (χ1n) is 9.00. The van der Waals surface area contributed by atoms with Crippen LogP contribution in [0.3, 0.4) is 0 Å². The van der Waals surface area contributed by atoms with Crippen LogP contribution in [0.1, 0.15) is 6.92 Å². The van der Waals surface area contributed by atoms with E-state index in [4.69, 9.17) is 4.74 Å². The molecule has 8 nitrogen and oxygen atoms in total. The first-order valence-corrected chi connectivity index (χ1v) is 9.00. The van der Waals surface area contributed by atoms with Crippen molar-refractivity contribution in [1.29, 1.82) is 0 Å². The maximum atomic E-state index is 14.8. The van der Waals surface area contributed by atoms with Gasteiger partial charge in [-0.2, -0.15) is 5.10 Å². The van der Waals surface area contributed by atoms with Crippen molar-refractivity contribution in [3.63, 3.8) is 0 Å². The minimum Gasteiger partial charge on any atom is -0.442 e. The van der Waals surface area contributed by atoms with Crippen LogP contribution in [0.25, 0.3) is 16.9 Å². The van der Waals surface area contributed by atoms with Crippen molar-refractivity contribution < 1.29 is 18.7 Å². The molecule has 0 aliphatic carbocycles. The summed E-state index contributed by atoms with van der Waals surface area (Å²) in [5.74, 6) is -0.735. The third kappa shape index (κ3) is 3.93. The van der Waals surface area contributed by atoms with Gasteiger partial charge in [-0.25, -0.2) is 13.9 Å². The normalized spacial score (nSPS) is 16.0. The predicted molar refractivity (Wildman–Crippen MR) is 103 cm³/mol. The van der Waals surface area contributed by atoms with Crippen LogP contribution in [-0.2, 0) is 9.53 Å². The van der Waals surface area contributed by atoms with Crippen molar-refractivity contribution in [1.82, 2.24) is 20.1 Å². The van der Waals surface area contributed by atoms with Gasteiger partial charge >= 0.3 is 6.09 Å². The fourth-order valence-corrected chi connectivity index (χ4v) is 3.07. The maximum absolute atomic E-state index is 14.8. The molecule has 0 bridgehead atoms. The topological polar surface area (TPSA) is 89.4 Å². The average molecular weight is 395 g/mol. The van der Waals surface area contributed by atoms with Gasteiger partial charge in [0.15, 0.2) is 5.82 Å². The van der Waals surface area contributed by atoms with E-state index >= 15 is 0 Å². The first-order chi connectivity index (χ1) is 14.0. The molecule has 1 N–H and O–H groups in total. The summed E-state index contributed by atoms with van der Waals surface area (Å²) in [6.45, 7) is 1.82. The summed E-state index contributed by atoms with van der Waals surface area (Å²) in [4.78, 5) is 28.5. The summed E-state index contributed by atoms with van der Waals surface area (Å²) in [5.41, 5.74) is 2.13. The van der Waals surface area contributed by atoms with Gasteiger partial charge in [-0.15, -0.1) is 0 Å². The third-order valence-electron chi connectivity index (χ3n) is 4.49. The number of aromatic nitrogens is 3. The Bertz CT molecular complexity index is 1050. The average Bonchev–Trinajstić information content (AvgIpc) is 3.34. The number of cyclic esters (lactones) is 1. The number of rotatable bonds is 5. The number of carbonyl (C=O) groups excluding carboxylic acids is 2. The highest BCUT2D eigenvalue weighted by atomic mass is 19.1. The van der Waals surface area contributed by atoms with Crippen molar-refractivity contribution >= 4 is 17.7 Å². The molecule has 148 valence electrons. The van der Waals surface area contributed by atoms with Gasteiger partial charge in [0.25, 0.3) is 0 Å². The SMILES string of the molecule is CC(=O)NC[C@H]1CN(c2ccc(-n3ccc(-c4cccnc4)n3)c(F)c2)C(=O)O1. The molecule has 4 rings (SSSR count). The first kappa shape index (κ1) is 18.6. The van der Waals surface area contributed by atoms with E-state index in [9.17, 15) is 14.0 Å². The molecule has 2 aromatic heterocycles. The molecule has 1 aliphatic rings. The number of hydrogen-bond acceptors (Lipinski definition) is 5. The van der Waals surface area contributed by atoms with Gasteiger partial charge in [0.2, 0.25) is 5.91 Å². The number of anilines is 1. The molecule has 1 aliphatic heterocycles. The smallest absolute Gasteiger partial charge is 0.414 e. The number of nitrogens with zero attached hydrogens (tertiary/aromatic N) is 4. The quantitative estimate of drug-likeness (QED) is 0.717. The van der Waals surface area contributed by atoms with Crippen LogP contribution in [0, 0.1) is 5.82 Å². The molecule has 1 saturated heterocycles. The summed E-state index contributed by atoms with van der Waals surface area (Å²) < 4.78 is 21.4. The molecule has 2 amide bonds. The zero-order chi connectivity index (χ0) is 20.4. The molecule has 0 saturated carbocycles.